The molecule has 1 atom stereocenters. The van der Waals surface area contributed by atoms with Crippen LogP contribution in [-0.4, -0.2) is 17.6 Å². The first-order chi connectivity index (χ1) is 9.40. The standard InChI is InChI=1S/C16H19NO2S/c1-11-4-5-12(2)14(8-11)15(18)17-10-16(3,19)13-6-7-20-9-13/h4-9,19H,10H2,1-3H3,(H,17,18). The predicted molar refractivity (Wildman–Crippen MR) is 82.1 cm³/mol. The summed E-state index contributed by atoms with van der Waals surface area (Å²) in [6.07, 6.45) is 0. The van der Waals surface area contributed by atoms with E-state index in [1.165, 1.54) is 11.3 Å². The normalized spacial score (nSPS) is 13.8. The number of benzene rings is 1. The molecule has 1 aromatic carbocycles. The molecule has 0 radical (unpaired) electrons. The van der Waals surface area contributed by atoms with E-state index in [1.54, 1.807) is 6.92 Å². The van der Waals surface area contributed by atoms with Gasteiger partial charge in [0.25, 0.3) is 5.91 Å². The van der Waals surface area contributed by atoms with Crippen LogP contribution in [0.5, 0.6) is 0 Å². The zero-order valence-electron chi connectivity index (χ0n) is 11.9. The van der Waals surface area contributed by atoms with Crippen LogP contribution in [0.25, 0.3) is 0 Å². The van der Waals surface area contributed by atoms with Crippen LogP contribution in [0, 0.1) is 13.8 Å². The van der Waals surface area contributed by atoms with E-state index in [4.69, 9.17) is 0 Å². The van der Waals surface area contributed by atoms with Gasteiger partial charge in [-0.1, -0.05) is 17.7 Å². The molecule has 2 N–H and O–H groups in total. The van der Waals surface area contributed by atoms with Crippen LogP contribution in [0.2, 0.25) is 0 Å². The van der Waals surface area contributed by atoms with Gasteiger partial charge >= 0.3 is 0 Å². The Labute approximate surface area is 123 Å². The highest BCUT2D eigenvalue weighted by molar-refractivity contribution is 7.08. The van der Waals surface area contributed by atoms with E-state index in [0.29, 0.717) is 5.56 Å². The average molecular weight is 289 g/mol. The second kappa shape index (κ2) is 5.77. The lowest BCUT2D eigenvalue weighted by Gasteiger charge is -2.23. The van der Waals surface area contributed by atoms with Gasteiger partial charge in [0.2, 0.25) is 0 Å². The number of carbonyl (C=O) groups is 1. The number of hydrogen-bond acceptors (Lipinski definition) is 3. The van der Waals surface area contributed by atoms with E-state index < -0.39 is 5.60 Å². The molecule has 2 aromatic rings. The van der Waals surface area contributed by atoms with Crippen molar-refractivity contribution in [3.05, 3.63) is 57.3 Å². The van der Waals surface area contributed by atoms with Crippen molar-refractivity contribution >= 4 is 17.2 Å². The highest BCUT2D eigenvalue weighted by Crippen LogP contribution is 2.22. The van der Waals surface area contributed by atoms with Crippen LogP contribution in [0.1, 0.15) is 34.0 Å². The molecule has 0 fully saturated rings. The third-order valence-corrected chi connectivity index (χ3v) is 4.06. The number of thiophene rings is 1. The summed E-state index contributed by atoms with van der Waals surface area (Å²) in [5.74, 6) is -0.151. The van der Waals surface area contributed by atoms with Gasteiger partial charge in [0.1, 0.15) is 5.60 Å². The lowest BCUT2D eigenvalue weighted by molar-refractivity contribution is 0.0530. The van der Waals surface area contributed by atoms with Gasteiger partial charge in [-0.3, -0.25) is 4.79 Å². The molecular weight excluding hydrogens is 270 g/mol. The first kappa shape index (κ1) is 14.8. The molecule has 1 aromatic heterocycles. The maximum absolute atomic E-state index is 12.2. The fraction of sp³-hybridized carbons (Fsp3) is 0.312. The number of aryl methyl sites for hydroxylation is 2. The zero-order valence-corrected chi connectivity index (χ0v) is 12.8. The van der Waals surface area contributed by atoms with Crippen molar-refractivity contribution in [3.8, 4) is 0 Å². The van der Waals surface area contributed by atoms with Crippen LogP contribution in [0.15, 0.2) is 35.0 Å². The zero-order chi connectivity index (χ0) is 14.8. The number of amides is 1. The van der Waals surface area contributed by atoms with Crippen LogP contribution < -0.4 is 5.32 Å². The number of rotatable bonds is 4. The van der Waals surface area contributed by atoms with Gasteiger partial charge in [-0.15, -0.1) is 0 Å². The van der Waals surface area contributed by atoms with Crippen LogP contribution in [0.3, 0.4) is 0 Å². The van der Waals surface area contributed by atoms with Crippen molar-refractivity contribution in [1.82, 2.24) is 5.32 Å². The SMILES string of the molecule is Cc1ccc(C)c(C(=O)NCC(C)(O)c2ccsc2)c1. The summed E-state index contributed by atoms with van der Waals surface area (Å²) in [6, 6.07) is 7.65. The van der Waals surface area contributed by atoms with E-state index >= 15 is 0 Å². The van der Waals surface area contributed by atoms with E-state index in [9.17, 15) is 9.90 Å². The lowest BCUT2D eigenvalue weighted by Crippen LogP contribution is -2.38. The molecule has 1 amide bonds. The molecule has 3 nitrogen and oxygen atoms in total. The molecule has 1 heterocycles. The average Bonchev–Trinajstić information content (AvgIpc) is 2.93. The molecule has 0 aliphatic carbocycles. The third-order valence-electron chi connectivity index (χ3n) is 3.37. The number of nitrogens with one attached hydrogen (secondary N) is 1. The second-order valence-corrected chi connectivity index (χ2v) is 6.07. The molecule has 106 valence electrons. The van der Waals surface area contributed by atoms with Crippen LogP contribution >= 0.6 is 11.3 Å². The monoisotopic (exact) mass is 289 g/mol. The van der Waals surface area contributed by atoms with Gasteiger partial charge in [-0.05, 0) is 54.8 Å². The summed E-state index contributed by atoms with van der Waals surface area (Å²) in [5, 5.41) is 17.0. The van der Waals surface area contributed by atoms with Crippen molar-refractivity contribution < 1.29 is 9.90 Å². The van der Waals surface area contributed by atoms with Crippen LogP contribution in [-0.2, 0) is 5.60 Å². The van der Waals surface area contributed by atoms with Gasteiger partial charge in [0.15, 0.2) is 0 Å². The van der Waals surface area contributed by atoms with Crippen molar-refractivity contribution in [2.24, 2.45) is 0 Å². The molecule has 0 bridgehead atoms. The molecule has 0 spiro atoms. The molecule has 20 heavy (non-hydrogen) atoms. The van der Waals surface area contributed by atoms with Gasteiger partial charge in [0, 0.05) is 5.56 Å². The summed E-state index contributed by atoms with van der Waals surface area (Å²) in [4.78, 5) is 12.2. The largest absolute Gasteiger partial charge is 0.384 e. The van der Waals surface area contributed by atoms with Gasteiger partial charge in [-0.25, -0.2) is 0 Å². The number of carbonyl (C=O) groups excluding carboxylic acids is 1. The summed E-state index contributed by atoms with van der Waals surface area (Å²) < 4.78 is 0. The molecule has 4 heteroatoms. The highest BCUT2D eigenvalue weighted by Gasteiger charge is 2.24. The second-order valence-electron chi connectivity index (χ2n) is 5.29. The quantitative estimate of drug-likeness (QED) is 0.909. The van der Waals surface area contributed by atoms with E-state index in [2.05, 4.69) is 5.32 Å². The Kier molecular flexibility index (Phi) is 4.26. The summed E-state index contributed by atoms with van der Waals surface area (Å²) in [6.45, 7) is 5.76. The first-order valence-corrected chi connectivity index (χ1v) is 7.45. The molecule has 1 unspecified atom stereocenters. The minimum absolute atomic E-state index is 0.151. The van der Waals surface area contributed by atoms with Gasteiger partial charge < -0.3 is 10.4 Å². The lowest BCUT2D eigenvalue weighted by atomic mass is 9.99. The minimum Gasteiger partial charge on any atom is -0.384 e. The Morgan fingerprint density at radius 1 is 1.35 bits per heavy atom. The minimum atomic E-state index is -1.05. The first-order valence-electron chi connectivity index (χ1n) is 6.50. The Hall–Kier alpha value is -1.65. The van der Waals surface area contributed by atoms with Crippen molar-refractivity contribution in [1.29, 1.82) is 0 Å². The summed E-state index contributed by atoms with van der Waals surface area (Å²) in [5.41, 5.74) is 2.41. The van der Waals surface area contributed by atoms with Crippen molar-refractivity contribution in [2.45, 2.75) is 26.4 Å². The Morgan fingerprint density at radius 3 is 2.75 bits per heavy atom. The third kappa shape index (κ3) is 3.26. The molecule has 0 aliphatic rings. The van der Waals surface area contributed by atoms with E-state index in [0.717, 1.165) is 16.7 Å². The Morgan fingerprint density at radius 2 is 2.10 bits per heavy atom. The molecule has 0 saturated heterocycles. The van der Waals surface area contributed by atoms with Crippen LogP contribution in [0.4, 0.5) is 0 Å². The fourth-order valence-corrected chi connectivity index (χ4v) is 2.78. The Bertz CT molecular complexity index is 603. The summed E-state index contributed by atoms with van der Waals surface area (Å²) >= 11 is 1.53. The van der Waals surface area contributed by atoms with Crippen molar-refractivity contribution in [3.63, 3.8) is 0 Å². The summed E-state index contributed by atoms with van der Waals surface area (Å²) in [7, 11) is 0. The Balaban J connectivity index is 2.07. The van der Waals surface area contributed by atoms with Crippen molar-refractivity contribution in [2.75, 3.05) is 6.54 Å². The predicted octanol–water partition coefficient (Wildman–Crippen LogP) is 3.00. The highest BCUT2D eigenvalue weighted by atomic mass is 32.1. The molecule has 0 aliphatic heterocycles. The topological polar surface area (TPSA) is 49.3 Å². The fourth-order valence-electron chi connectivity index (χ4n) is 2.00. The number of aliphatic hydroxyl groups is 1. The van der Waals surface area contributed by atoms with Gasteiger partial charge in [-0.2, -0.15) is 11.3 Å². The van der Waals surface area contributed by atoms with E-state index in [1.807, 2.05) is 48.9 Å². The maximum atomic E-state index is 12.2. The molecule has 0 saturated carbocycles. The molecule has 2 rings (SSSR count). The smallest absolute Gasteiger partial charge is 0.251 e. The molecular formula is C16H19NO2S. The number of hydrogen-bond donors (Lipinski definition) is 2. The van der Waals surface area contributed by atoms with E-state index in [-0.39, 0.29) is 12.5 Å². The van der Waals surface area contributed by atoms with Gasteiger partial charge in [0.05, 0.1) is 6.54 Å². The maximum Gasteiger partial charge on any atom is 0.251 e.